The van der Waals surface area contributed by atoms with Crippen LogP contribution in [0.3, 0.4) is 0 Å². The molecule has 1 fully saturated rings. The summed E-state index contributed by atoms with van der Waals surface area (Å²) in [5.74, 6) is 1.04. The second-order valence-electron chi connectivity index (χ2n) is 11.8. The van der Waals surface area contributed by atoms with Gasteiger partial charge < -0.3 is 9.67 Å². The average Bonchev–Trinajstić information content (AvgIpc) is 3.43. The van der Waals surface area contributed by atoms with Gasteiger partial charge in [0.25, 0.3) is 0 Å². The number of rotatable bonds is 6. The van der Waals surface area contributed by atoms with Crippen LogP contribution in [-0.2, 0) is 24.9 Å². The van der Waals surface area contributed by atoms with Crippen molar-refractivity contribution in [2.75, 3.05) is 0 Å². The predicted molar refractivity (Wildman–Crippen MR) is 169 cm³/mol. The van der Waals surface area contributed by atoms with Gasteiger partial charge in [-0.15, -0.1) is 29.3 Å². The van der Waals surface area contributed by atoms with Crippen molar-refractivity contribution >= 4 is 16.7 Å². The molecule has 0 bridgehead atoms. The van der Waals surface area contributed by atoms with Gasteiger partial charge in [-0.05, 0) is 74.9 Å². The number of fused-ring (bicyclic) bond motifs is 2. The standard InChI is InChI=1S/C20H13N.C18H30O2.Ir/c1-3-9-16(10-4-1)20-15-17-11-7-8-14-19(17)21(20)18-12-5-2-6-13-18;1-5-17(6-2)11-9-13-10-12-18(7-3,8-4)16(20)14(13)15(17)19;/h1-9,11-14H;13,19H,5-12H2,1-4H3;/q-2;;. The first-order chi connectivity index (χ1) is 19.9. The molecular formula is C38H43IrNO2-2. The maximum Gasteiger partial charge on any atom is 0.168 e. The smallest absolute Gasteiger partial charge is 0.168 e. The zero-order chi connectivity index (χ0) is 29.0. The van der Waals surface area contributed by atoms with Gasteiger partial charge in [-0.25, -0.2) is 5.56 Å². The fourth-order valence-electron chi connectivity index (χ4n) is 7.14. The summed E-state index contributed by atoms with van der Waals surface area (Å²) in [5, 5.41) is 12.0. The Labute approximate surface area is 265 Å². The summed E-state index contributed by atoms with van der Waals surface area (Å²) >= 11 is 0. The number of benzene rings is 3. The Morgan fingerprint density at radius 2 is 1.40 bits per heavy atom. The Balaban J connectivity index is 0.000000189. The number of ketones is 1. The Morgan fingerprint density at radius 1 is 0.810 bits per heavy atom. The third-order valence-corrected chi connectivity index (χ3v) is 10.1. The van der Waals surface area contributed by atoms with Crippen molar-refractivity contribution in [3.63, 3.8) is 0 Å². The second kappa shape index (κ2) is 13.6. The number of para-hydroxylation sites is 2. The monoisotopic (exact) mass is 738 g/mol. The molecule has 0 amide bonds. The molecule has 4 aromatic rings. The van der Waals surface area contributed by atoms with Gasteiger partial charge in [0.2, 0.25) is 0 Å². The summed E-state index contributed by atoms with van der Waals surface area (Å²) in [5.41, 5.74) is 4.88. The van der Waals surface area contributed by atoms with E-state index in [0.29, 0.717) is 11.7 Å². The number of carbonyl (C=O) groups excluding carboxylic acids is 1. The van der Waals surface area contributed by atoms with Gasteiger partial charge in [0.1, 0.15) is 5.76 Å². The average molecular weight is 738 g/mol. The van der Waals surface area contributed by atoms with E-state index < -0.39 is 0 Å². The van der Waals surface area contributed by atoms with E-state index in [1.165, 1.54) is 0 Å². The van der Waals surface area contributed by atoms with E-state index in [2.05, 4.69) is 92.9 Å². The first-order valence-corrected chi connectivity index (χ1v) is 15.5. The van der Waals surface area contributed by atoms with Crippen molar-refractivity contribution in [2.45, 2.75) is 79.1 Å². The number of nitrogens with zero attached hydrogens (tertiary/aromatic N) is 1. The van der Waals surface area contributed by atoms with Crippen LogP contribution in [0.25, 0.3) is 27.8 Å². The molecule has 1 unspecified atom stereocenters. The van der Waals surface area contributed by atoms with Gasteiger partial charge in [0.15, 0.2) is 5.78 Å². The third-order valence-electron chi connectivity index (χ3n) is 10.1. The summed E-state index contributed by atoms with van der Waals surface area (Å²) in [6, 6.07) is 33.6. The number of Topliss-reactive ketones (excluding diaryl/α,β-unsaturated/α-hetero) is 1. The van der Waals surface area contributed by atoms with Crippen LogP contribution in [0.4, 0.5) is 0 Å². The van der Waals surface area contributed by atoms with Gasteiger partial charge in [0, 0.05) is 42.2 Å². The van der Waals surface area contributed by atoms with Crippen LogP contribution in [0.2, 0.25) is 0 Å². The third kappa shape index (κ3) is 5.69. The fraction of sp³-hybridized carbons (Fsp3) is 0.395. The van der Waals surface area contributed by atoms with Crippen LogP contribution in [-0.4, -0.2) is 15.5 Å². The quantitative estimate of drug-likeness (QED) is 0.200. The molecule has 1 radical (unpaired) electrons. The van der Waals surface area contributed by atoms with Crippen LogP contribution in [0, 0.1) is 28.9 Å². The van der Waals surface area contributed by atoms with Crippen LogP contribution in [0.1, 0.15) is 79.1 Å². The van der Waals surface area contributed by atoms with E-state index in [1.54, 1.807) is 0 Å². The zero-order valence-electron chi connectivity index (χ0n) is 25.4. The molecule has 42 heavy (non-hydrogen) atoms. The number of carbonyl (C=O) groups is 1. The van der Waals surface area contributed by atoms with Crippen molar-refractivity contribution < 1.29 is 30.0 Å². The number of hydrogen-bond donors (Lipinski definition) is 1. The minimum atomic E-state index is -0.204. The van der Waals surface area contributed by atoms with E-state index in [9.17, 15) is 9.90 Å². The predicted octanol–water partition coefficient (Wildman–Crippen LogP) is 10.1. The molecule has 0 aliphatic heterocycles. The Bertz CT molecular complexity index is 1510. The Morgan fingerprint density at radius 3 is 2.02 bits per heavy atom. The van der Waals surface area contributed by atoms with E-state index in [1.807, 2.05) is 30.3 Å². The minimum absolute atomic E-state index is 0. The summed E-state index contributed by atoms with van der Waals surface area (Å²) in [4.78, 5) is 13.1. The summed E-state index contributed by atoms with van der Waals surface area (Å²) < 4.78 is 2.24. The molecule has 223 valence electrons. The van der Waals surface area contributed by atoms with Crippen molar-refractivity contribution in [2.24, 2.45) is 16.7 Å². The molecule has 0 saturated heterocycles. The van der Waals surface area contributed by atoms with Crippen LogP contribution < -0.4 is 0 Å². The maximum atomic E-state index is 13.1. The molecule has 1 saturated carbocycles. The number of aliphatic hydroxyl groups excluding tert-OH is 1. The molecule has 2 aliphatic rings. The topological polar surface area (TPSA) is 42.2 Å². The molecule has 1 atom stereocenters. The van der Waals surface area contributed by atoms with Crippen molar-refractivity contribution in [1.29, 1.82) is 0 Å². The normalized spacial score (nSPS) is 19.0. The van der Waals surface area contributed by atoms with E-state index in [0.717, 1.165) is 84.8 Å². The summed E-state index contributed by atoms with van der Waals surface area (Å²) in [6.07, 6.45) is 7.87. The van der Waals surface area contributed by atoms with E-state index >= 15 is 0 Å². The van der Waals surface area contributed by atoms with Crippen molar-refractivity contribution in [1.82, 2.24) is 4.57 Å². The maximum absolute atomic E-state index is 13.1. The van der Waals surface area contributed by atoms with Gasteiger partial charge in [-0.2, -0.15) is 30.3 Å². The van der Waals surface area contributed by atoms with Crippen molar-refractivity contribution in [3.05, 3.63) is 102 Å². The van der Waals surface area contributed by atoms with Crippen molar-refractivity contribution in [3.8, 4) is 16.9 Å². The zero-order valence-corrected chi connectivity index (χ0v) is 27.8. The van der Waals surface area contributed by atoms with E-state index in [4.69, 9.17) is 0 Å². The molecule has 2 aliphatic carbocycles. The van der Waals surface area contributed by atoms with Gasteiger partial charge in [0.05, 0.1) is 0 Å². The molecule has 6 rings (SSSR count). The first kappa shape index (κ1) is 32.0. The van der Waals surface area contributed by atoms with Crippen LogP contribution in [0.5, 0.6) is 0 Å². The first-order valence-electron chi connectivity index (χ1n) is 15.5. The van der Waals surface area contributed by atoms with Gasteiger partial charge in [-0.3, -0.25) is 4.79 Å². The molecule has 3 aromatic carbocycles. The SMILES string of the molecule is CCC1(CC)CCC2CCC(CC)(CC)C(O)=C2C1=O.[Ir].[c-]1ccccc1-c1[c-]c2ccccc2n1-c1ccccc1. The molecular weight excluding hydrogens is 695 g/mol. The van der Waals surface area contributed by atoms with Gasteiger partial charge in [-0.1, -0.05) is 58.0 Å². The fourth-order valence-corrected chi connectivity index (χ4v) is 7.14. The summed E-state index contributed by atoms with van der Waals surface area (Å²) in [6.45, 7) is 8.52. The van der Waals surface area contributed by atoms with Crippen LogP contribution >= 0.6 is 0 Å². The van der Waals surface area contributed by atoms with E-state index in [-0.39, 0.29) is 36.7 Å². The largest absolute Gasteiger partial charge is 0.511 e. The number of aromatic nitrogens is 1. The number of allylic oxidation sites excluding steroid dienone is 2. The molecule has 3 nitrogen and oxygen atoms in total. The Hall–Kier alpha value is -2.94. The van der Waals surface area contributed by atoms with Gasteiger partial charge >= 0.3 is 0 Å². The number of aliphatic hydroxyl groups is 1. The molecule has 0 spiro atoms. The molecule has 1 heterocycles. The second-order valence-corrected chi connectivity index (χ2v) is 11.8. The minimum Gasteiger partial charge on any atom is -0.511 e. The Kier molecular flexibility index (Phi) is 10.3. The molecule has 1 N–H and O–H groups in total. The molecule has 1 aromatic heterocycles. The molecule has 4 heteroatoms. The number of hydrogen-bond acceptors (Lipinski definition) is 2. The van der Waals surface area contributed by atoms with Crippen LogP contribution in [0.15, 0.2) is 90.2 Å². The summed E-state index contributed by atoms with van der Waals surface area (Å²) in [7, 11) is 0.